The van der Waals surface area contributed by atoms with Gasteiger partial charge in [0.15, 0.2) is 11.5 Å². The van der Waals surface area contributed by atoms with Gasteiger partial charge in [-0.15, -0.1) is 0 Å². The number of methoxy groups -OCH3 is 1. The number of rotatable bonds is 3. The van der Waals surface area contributed by atoms with E-state index in [1.165, 1.54) is 0 Å². The van der Waals surface area contributed by atoms with Crippen molar-refractivity contribution in [2.24, 2.45) is 0 Å². The van der Waals surface area contributed by atoms with Crippen LogP contribution >= 0.6 is 15.9 Å². The van der Waals surface area contributed by atoms with Gasteiger partial charge in [-0.2, -0.15) is 0 Å². The molecule has 5 nitrogen and oxygen atoms in total. The Hall–Kier alpha value is -2.34. The van der Waals surface area contributed by atoms with Crippen LogP contribution < -0.4 is 14.8 Å². The zero-order valence-corrected chi connectivity index (χ0v) is 13.4. The molecule has 1 aromatic carbocycles. The number of para-hydroxylation sites is 1. The molecule has 0 atom stereocenters. The van der Waals surface area contributed by atoms with Crippen molar-refractivity contribution in [3.63, 3.8) is 0 Å². The second kappa shape index (κ2) is 6.19. The number of hydrogen-bond donors (Lipinski definition) is 1. The Bertz CT molecular complexity index is 742. The molecule has 0 spiro atoms. The van der Waals surface area contributed by atoms with Gasteiger partial charge in [0, 0.05) is 16.2 Å². The van der Waals surface area contributed by atoms with Crippen LogP contribution in [0.1, 0.15) is 5.56 Å². The molecule has 1 N–H and O–H groups in total. The maximum atomic E-state index is 12.3. The number of halogens is 1. The van der Waals surface area contributed by atoms with E-state index < -0.39 is 0 Å². The number of nitrogens with one attached hydrogen (secondary N) is 1. The fourth-order valence-corrected chi connectivity index (χ4v) is 2.35. The molecule has 0 saturated heterocycles. The molecular formula is C16H13BrN2O3. The first-order valence-electron chi connectivity index (χ1n) is 6.60. The molecule has 6 heteroatoms. The highest BCUT2D eigenvalue weighted by atomic mass is 79.9. The van der Waals surface area contributed by atoms with Crippen molar-refractivity contribution in [3.8, 4) is 11.5 Å². The summed E-state index contributed by atoms with van der Waals surface area (Å²) in [7, 11) is 1.59. The molecule has 0 fully saturated rings. The first kappa shape index (κ1) is 14.6. The molecule has 0 radical (unpaired) electrons. The van der Waals surface area contributed by atoms with Gasteiger partial charge in [0.25, 0.3) is 5.91 Å². The number of amides is 1. The highest BCUT2D eigenvalue weighted by Crippen LogP contribution is 2.35. The summed E-state index contributed by atoms with van der Waals surface area (Å²) in [6.07, 6.45) is 3.43. The van der Waals surface area contributed by atoms with Crippen LogP contribution in [0.3, 0.4) is 0 Å². The zero-order chi connectivity index (χ0) is 15.5. The third-order valence-corrected chi connectivity index (χ3v) is 3.66. The lowest BCUT2D eigenvalue weighted by atomic mass is 10.1. The van der Waals surface area contributed by atoms with E-state index in [9.17, 15) is 4.79 Å². The van der Waals surface area contributed by atoms with Crippen LogP contribution in [-0.4, -0.2) is 24.6 Å². The molecular weight excluding hydrogens is 348 g/mol. The summed E-state index contributed by atoms with van der Waals surface area (Å²) >= 11 is 3.30. The van der Waals surface area contributed by atoms with Crippen molar-refractivity contribution in [1.82, 2.24) is 4.98 Å². The molecule has 1 amide bonds. The molecule has 112 valence electrons. The minimum Gasteiger partial charge on any atom is -0.493 e. The maximum absolute atomic E-state index is 12.3. The van der Waals surface area contributed by atoms with Crippen molar-refractivity contribution in [2.75, 3.05) is 19.0 Å². The normalized spacial score (nSPS) is 12.7. The van der Waals surface area contributed by atoms with E-state index in [4.69, 9.17) is 9.47 Å². The van der Waals surface area contributed by atoms with Crippen molar-refractivity contribution in [3.05, 3.63) is 52.1 Å². The summed E-state index contributed by atoms with van der Waals surface area (Å²) in [5.41, 5.74) is 1.35. The standard InChI is InChI=1S/C16H13BrN2O3/c1-21-13-4-2-3-10-7-11(9-22-15(10)13)16(20)19-14-6-5-12(17)8-18-14/h2-8H,9H2,1H3,(H,18,19,20). The second-order valence-corrected chi connectivity index (χ2v) is 5.57. The minimum atomic E-state index is -0.233. The van der Waals surface area contributed by atoms with Gasteiger partial charge in [-0.25, -0.2) is 4.98 Å². The first-order valence-corrected chi connectivity index (χ1v) is 7.40. The highest BCUT2D eigenvalue weighted by molar-refractivity contribution is 9.10. The molecule has 0 unspecified atom stereocenters. The molecule has 1 aromatic heterocycles. The number of carbonyl (C=O) groups excluding carboxylic acids is 1. The Balaban J connectivity index is 1.81. The number of nitrogens with zero attached hydrogens (tertiary/aromatic N) is 1. The molecule has 0 aliphatic carbocycles. The Labute approximate surface area is 136 Å². The number of aromatic nitrogens is 1. The highest BCUT2D eigenvalue weighted by Gasteiger charge is 2.20. The Morgan fingerprint density at radius 2 is 2.23 bits per heavy atom. The summed E-state index contributed by atoms with van der Waals surface area (Å²) in [5.74, 6) is 1.57. The molecule has 0 saturated carbocycles. The van der Waals surface area contributed by atoms with E-state index in [-0.39, 0.29) is 12.5 Å². The zero-order valence-electron chi connectivity index (χ0n) is 11.8. The number of fused-ring (bicyclic) bond motifs is 1. The summed E-state index contributed by atoms with van der Waals surface area (Å²) < 4.78 is 11.8. The summed E-state index contributed by atoms with van der Waals surface area (Å²) in [6.45, 7) is 0.190. The Kier molecular flexibility index (Phi) is 4.11. The fraction of sp³-hybridized carbons (Fsp3) is 0.125. The molecule has 2 aromatic rings. The first-order chi connectivity index (χ1) is 10.7. The third kappa shape index (κ3) is 2.96. The van der Waals surface area contributed by atoms with E-state index in [2.05, 4.69) is 26.2 Å². The maximum Gasteiger partial charge on any atom is 0.256 e. The molecule has 22 heavy (non-hydrogen) atoms. The van der Waals surface area contributed by atoms with Gasteiger partial charge in [-0.05, 0) is 40.2 Å². The number of hydrogen-bond acceptors (Lipinski definition) is 4. The van der Waals surface area contributed by atoms with Gasteiger partial charge >= 0.3 is 0 Å². The SMILES string of the molecule is COc1cccc2c1OCC(C(=O)Nc1ccc(Br)cn1)=C2. The number of pyridine rings is 1. The Morgan fingerprint density at radius 1 is 1.36 bits per heavy atom. The molecule has 1 aliphatic rings. The van der Waals surface area contributed by atoms with Crippen LogP contribution in [0, 0.1) is 0 Å². The molecule has 0 bridgehead atoms. The van der Waals surface area contributed by atoms with Gasteiger partial charge in [0.2, 0.25) is 0 Å². The van der Waals surface area contributed by atoms with Crippen LogP contribution in [0.25, 0.3) is 6.08 Å². The lowest BCUT2D eigenvalue weighted by Gasteiger charge is -2.19. The van der Waals surface area contributed by atoms with E-state index in [0.29, 0.717) is 22.9 Å². The number of carbonyl (C=O) groups is 1. The van der Waals surface area contributed by atoms with Crippen molar-refractivity contribution < 1.29 is 14.3 Å². The Morgan fingerprint density at radius 3 is 2.95 bits per heavy atom. The van der Waals surface area contributed by atoms with Gasteiger partial charge < -0.3 is 14.8 Å². The van der Waals surface area contributed by atoms with E-state index in [1.54, 1.807) is 25.4 Å². The predicted octanol–water partition coefficient (Wildman–Crippen LogP) is 3.27. The third-order valence-electron chi connectivity index (χ3n) is 3.19. The fourth-order valence-electron chi connectivity index (χ4n) is 2.12. The van der Waals surface area contributed by atoms with Crippen molar-refractivity contribution in [1.29, 1.82) is 0 Å². The average Bonchev–Trinajstić information content (AvgIpc) is 2.55. The van der Waals surface area contributed by atoms with Gasteiger partial charge in [-0.1, -0.05) is 12.1 Å². The van der Waals surface area contributed by atoms with Crippen LogP contribution in [0.15, 0.2) is 46.6 Å². The molecule has 2 heterocycles. The van der Waals surface area contributed by atoms with Crippen LogP contribution in [0.5, 0.6) is 11.5 Å². The topological polar surface area (TPSA) is 60.5 Å². The van der Waals surface area contributed by atoms with E-state index >= 15 is 0 Å². The van der Waals surface area contributed by atoms with Crippen LogP contribution in [0.4, 0.5) is 5.82 Å². The lowest BCUT2D eigenvalue weighted by molar-refractivity contribution is -0.113. The van der Waals surface area contributed by atoms with Crippen molar-refractivity contribution in [2.45, 2.75) is 0 Å². The number of ether oxygens (including phenoxy) is 2. The van der Waals surface area contributed by atoms with Gasteiger partial charge in [0.1, 0.15) is 12.4 Å². The van der Waals surface area contributed by atoms with Gasteiger partial charge in [-0.3, -0.25) is 4.79 Å². The van der Waals surface area contributed by atoms with Crippen LogP contribution in [-0.2, 0) is 4.79 Å². The van der Waals surface area contributed by atoms with Gasteiger partial charge in [0.05, 0.1) is 12.7 Å². The number of benzene rings is 1. The number of anilines is 1. The second-order valence-electron chi connectivity index (χ2n) is 4.65. The van der Waals surface area contributed by atoms with Crippen molar-refractivity contribution >= 4 is 33.7 Å². The smallest absolute Gasteiger partial charge is 0.256 e. The van der Waals surface area contributed by atoms with E-state index in [1.807, 2.05) is 24.3 Å². The molecule has 3 rings (SSSR count). The monoisotopic (exact) mass is 360 g/mol. The minimum absolute atomic E-state index is 0.190. The average molecular weight is 361 g/mol. The predicted molar refractivity (Wildman–Crippen MR) is 87.0 cm³/mol. The summed E-state index contributed by atoms with van der Waals surface area (Å²) in [6, 6.07) is 9.10. The molecule has 1 aliphatic heterocycles. The summed E-state index contributed by atoms with van der Waals surface area (Å²) in [5, 5.41) is 2.75. The summed E-state index contributed by atoms with van der Waals surface area (Å²) in [4.78, 5) is 16.4. The van der Waals surface area contributed by atoms with E-state index in [0.717, 1.165) is 10.0 Å². The largest absolute Gasteiger partial charge is 0.493 e. The lowest BCUT2D eigenvalue weighted by Crippen LogP contribution is -2.21. The van der Waals surface area contributed by atoms with Crippen LogP contribution in [0.2, 0.25) is 0 Å². The quantitative estimate of drug-likeness (QED) is 0.912.